The van der Waals surface area contributed by atoms with Crippen LogP contribution in [-0.2, 0) is 4.74 Å². The van der Waals surface area contributed by atoms with Crippen LogP contribution in [0.1, 0.15) is 0 Å². The molecule has 0 atom stereocenters. The van der Waals surface area contributed by atoms with Gasteiger partial charge in [0.15, 0.2) is 5.88 Å². The summed E-state index contributed by atoms with van der Waals surface area (Å²) in [6, 6.07) is 0. The van der Waals surface area contributed by atoms with Crippen LogP contribution in [-0.4, -0.2) is 16.4 Å². The topological polar surface area (TPSA) is 21.3 Å². The molecule has 0 unspecified atom stereocenters. The Labute approximate surface area is 52.7 Å². The van der Waals surface area contributed by atoms with Gasteiger partial charge in [-0.05, 0) is 6.58 Å². The summed E-state index contributed by atoms with van der Waals surface area (Å²) >= 11 is 0. The van der Waals surface area contributed by atoms with E-state index in [1.54, 1.807) is 0 Å². The second-order valence-electron chi connectivity index (χ2n) is 1.24. The van der Waals surface area contributed by atoms with Gasteiger partial charge in [-0.15, -0.1) is 0 Å². The first-order valence-corrected chi connectivity index (χ1v) is 3.93. The Bertz CT molecular complexity index is 92.4. The zero-order chi connectivity index (χ0) is 6.41. The van der Waals surface area contributed by atoms with Crippen molar-refractivity contribution < 1.29 is 4.74 Å². The average Bonchev–Trinajstić information content (AvgIpc) is 1.68. The van der Waals surface area contributed by atoms with E-state index in [1.165, 1.54) is 6.26 Å². The third-order valence-corrected chi connectivity index (χ3v) is 0.953. The van der Waals surface area contributed by atoms with Crippen LogP contribution in [0, 0.1) is 0 Å². The highest BCUT2D eigenvalue weighted by molar-refractivity contribution is 6.08. The van der Waals surface area contributed by atoms with Crippen molar-refractivity contribution >= 4 is 10.2 Å². The maximum absolute atomic E-state index is 4.76. The van der Waals surface area contributed by atoms with E-state index in [-0.39, 0.29) is 0 Å². The lowest BCUT2D eigenvalue weighted by Gasteiger charge is -2.02. The van der Waals surface area contributed by atoms with Gasteiger partial charge in [0.2, 0.25) is 0 Å². The Morgan fingerprint density at radius 3 is 2.88 bits per heavy atom. The largest absolute Gasteiger partial charge is 0.450 e. The van der Waals surface area contributed by atoms with Gasteiger partial charge >= 0.3 is 0 Å². The molecule has 1 N–H and O–H groups in total. The second-order valence-corrected chi connectivity index (χ2v) is 1.95. The minimum atomic E-state index is 0.579. The van der Waals surface area contributed by atoms with E-state index in [9.17, 15) is 0 Å². The molecule has 0 aliphatic rings. The average molecular weight is 129 g/mol. The molecule has 2 nitrogen and oxygen atoms in total. The lowest BCUT2D eigenvalue weighted by molar-refractivity contribution is 0.325. The summed E-state index contributed by atoms with van der Waals surface area (Å²) in [6.07, 6.45) is 2.32. The van der Waals surface area contributed by atoms with Gasteiger partial charge in [0, 0.05) is 16.4 Å². The molecule has 3 heteroatoms. The van der Waals surface area contributed by atoms with Crippen molar-refractivity contribution in [3.63, 3.8) is 0 Å². The van der Waals surface area contributed by atoms with Gasteiger partial charge in [-0.3, -0.25) is 0 Å². The van der Waals surface area contributed by atoms with Crippen molar-refractivity contribution in [3.8, 4) is 0 Å². The van der Waals surface area contributed by atoms with Crippen molar-refractivity contribution in [2.24, 2.45) is 0 Å². The zero-order valence-electron chi connectivity index (χ0n) is 5.11. The fraction of sp³-hybridized carbons (Fsp3) is 0.200. The smallest absolute Gasteiger partial charge is 0.184 e. The number of ether oxygens (including phenoxy) is 1. The van der Waals surface area contributed by atoms with Crippen LogP contribution in [0.2, 0.25) is 0 Å². The third-order valence-electron chi connectivity index (χ3n) is 0.600. The molecule has 0 spiro atoms. The van der Waals surface area contributed by atoms with Crippen LogP contribution in [0.3, 0.4) is 0 Å². The van der Waals surface area contributed by atoms with Crippen LogP contribution < -0.4 is 5.32 Å². The van der Waals surface area contributed by atoms with Crippen molar-refractivity contribution in [1.82, 2.24) is 5.32 Å². The number of hydrogen-bond acceptors (Lipinski definition) is 2. The molecule has 0 saturated heterocycles. The molecule has 0 saturated carbocycles. The molecule has 0 aliphatic heterocycles. The minimum Gasteiger partial charge on any atom is -0.450 e. The maximum Gasteiger partial charge on any atom is 0.184 e. The van der Waals surface area contributed by atoms with E-state index in [0.29, 0.717) is 5.88 Å². The Balaban J connectivity index is 3.18. The SMILES string of the molecule is C=COC(=C)NC[SiH3]. The number of rotatable bonds is 4. The van der Waals surface area contributed by atoms with Gasteiger partial charge in [0.05, 0.1) is 6.26 Å². The number of hydrogen-bond donors (Lipinski definition) is 1. The van der Waals surface area contributed by atoms with Crippen molar-refractivity contribution in [3.05, 3.63) is 25.3 Å². The van der Waals surface area contributed by atoms with Gasteiger partial charge in [-0.1, -0.05) is 6.58 Å². The van der Waals surface area contributed by atoms with Gasteiger partial charge in [0.1, 0.15) is 0 Å². The summed E-state index contributed by atoms with van der Waals surface area (Å²) in [7, 11) is 1.11. The molecule has 0 aromatic heterocycles. The molecule has 0 fully saturated rings. The molecular weight excluding hydrogens is 118 g/mol. The highest BCUT2D eigenvalue weighted by Gasteiger charge is 1.82. The lowest BCUT2D eigenvalue weighted by atomic mass is 10.9. The van der Waals surface area contributed by atoms with Gasteiger partial charge in [-0.2, -0.15) is 0 Å². The minimum absolute atomic E-state index is 0.579. The Morgan fingerprint density at radius 2 is 2.50 bits per heavy atom. The van der Waals surface area contributed by atoms with Crippen molar-refractivity contribution in [2.75, 3.05) is 6.17 Å². The van der Waals surface area contributed by atoms with Crippen LogP contribution in [0.15, 0.2) is 25.3 Å². The fourth-order valence-corrected chi connectivity index (χ4v) is 0.734. The van der Waals surface area contributed by atoms with Crippen LogP contribution in [0.25, 0.3) is 0 Å². The normalized spacial score (nSPS) is 8.00. The molecule has 0 aliphatic carbocycles. The molecule has 0 rings (SSSR count). The van der Waals surface area contributed by atoms with E-state index in [0.717, 1.165) is 16.4 Å². The molecule has 0 amide bonds. The molecule has 46 valence electrons. The molecular formula is C5H11NOSi. The molecule has 0 heterocycles. The molecule has 0 aromatic rings. The fourth-order valence-electron chi connectivity index (χ4n) is 0.339. The van der Waals surface area contributed by atoms with Crippen LogP contribution >= 0.6 is 0 Å². The predicted octanol–water partition coefficient (Wildman–Crippen LogP) is -0.470. The summed E-state index contributed by atoms with van der Waals surface area (Å²) in [5, 5.41) is 2.92. The Kier molecular flexibility index (Phi) is 4.06. The summed E-state index contributed by atoms with van der Waals surface area (Å²) in [5.74, 6) is 0.579. The van der Waals surface area contributed by atoms with Crippen molar-refractivity contribution in [1.29, 1.82) is 0 Å². The quantitative estimate of drug-likeness (QED) is 0.409. The van der Waals surface area contributed by atoms with E-state index < -0.39 is 0 Å². The zero-order valence-corrected chi connectivity index (χ0v) is 7.11. The van der Waals surface area contributed by atoms with Crippen LogP contribution in [0.4, 0.5) is 0 Å². The van der Waals surface area contributed by atoms with Gasteiger partial charge in [-0.25, -0.2) is 0 Å². The first-order valence-electron chi connectivity index (χ1n) is 2.51. The molecule has 0 aromatic carbocycles. The maximum atomic E-state index is 4.76. The van der Waals surface area contributed by atoms with E-state index in [2.05, 4.69) is 18.5 Å². The summed E-state index contributed by atoms with van der Waals surface area (Å²) in [5.41, 5.74) is 0. The molecule has 0 radical (unpaired) electrons. The van der Waals surface area contributed by atoms with E-state index >= 15 is 0 Å². The Hall–Kier alpha value is -0.703. The number of nitrogens with one attached hydrogen (secondary N) is 1. The predicted molar refractivity (Wildman–Crippen MR) is 38.4 cm³/mol. The van der Waals surface area contributed by atoms with E-state index in [4.69, 9.17) is 4.74 Å². The summed E-state index contributed by atoms with van der Waals surface area (Å²) < 4.78 is 4.76. The second kappa shape index (κ2) is 4.46. The Morgan fingerprint density at radius 1 is 1.88 bits per heavy atom. The highest BCUT2D eigenvalue weighted by atomic mass is 28.1. The first-order chi connectivity index (χ1) is 3.81. The van der Waals surface area contributed by atoms with E-state index in [1.807, 2.05) is 0 Å². The first kappa shape index (κ1) is 7.30. The van der Waals surface area contributed by atoms with Gasteiger partial charge < -0.3 is 10.1 Å². The lowest BCUT2D eigenvalue weighted by Crippen LogP contribution is -2.14. The third kappa shape index (κ3) is 3.49. The van der Waals surface area contributed by atoms with Crippen molar-refractivity contribution in [2.45, 2.75) is 0 Å². The highest BCUT2D eigenvalue weighted by Crippen LogP contribution is 1.83. The molecule has 0 bridgehead atoms. The standard InChI is InChI=1S/C5H11NOSi/c1-3-7-5(2)6-4-8/h3,6H,1-2,4H2,8H3. The summed E-state index contributed by atoms with van der Waals surface area (Å²) in [4.78, 5) is 0. The monoisotopic (exact) mass is 129 g/mol. The molecule has 8 heavy (non-hydrogen) atoms. The summed E-state index contributed by atoms with van der Waals surface area (Å²) in [6.45, 7) is 6.92. The van der Waals surface area contributed by atoms with Crippen LogP contribution in [0.5, 0.6) is 0 Å². The van der Waals surface area contributed by atoms with Gasteiger partial charge in [0.25, 0.3) is 0 Å².